The molecule has 0 heterocycles. The van der Waals surface area contributed by atoms with E-state index in [-0.39, 0.29) is 0 Å². The molecule has 0 aliphatic heterocycles. The van der Waals surface area contributed by atoms with Crippen LogP contribution in [0.3, 0.4) is 0 Å². The van der Waals surface area contributed by atoms with Crippen LogP contribution in [0.5, 0.6) is 0 Å². The fourth-order valence-corrected chi connectivity index (χ4v) is 5.48. The lowest BCUT2D eigenvalue weighted by atomic mass is 9.84. The third kappa shape index (κ3) is 3.91. The number of rotatable bonds is 4. The van der Waals surface area contributed by atoms with Gasteiger partial charge in [0.25, 0.3) is 0 Å². The molecule has 0 radical (unpaired) electrons. The molecule has 36 heavy (non-hydrogen) atoms. The largest absolute Gasteiger partial charge is 0.0622 e. The molecule has 0 bridgehead atoms. The molecular weight excluding hydrogens is 432 g/mol. The van der Waals surface area contributed by atoms with Crippen molar-refractivity contribution in [2.75, 3.05) is 0 Å². The number of allylic oxidation sites excluding steroid dienone is 2. The quantitative estimate of drug-likeness (QED) is 0.181. The topological polar surface area (TPSA) is 0 Å². The van der Waals surface area contributed by atoms with Crippen LogP contribution in [0.1, 0.15) is 36.1 Å². The second kappa shape index (κ2) is 9.32. The smallest absolute Gasteiger partial charge is 0.00176 e. The SMILES string of the molecule is CC(=Cc1ccccc1)c1ccc2c3ccccc3c3ccccc3c2c1C(C)=Cc1ccccc1. The highest BCUT2D eigenvalue weighted by atomic mass is 14.2. The van der Waals surface area contributed by atoms with Crippen LogP contribution < -0.4 is 0 Å². The molecule has 0 N–H and O–H groups in total. The first-order valence-corrected chi connectivity index (χ1v) is 12.5. The van der Waals surface area contributed by atoms with Crippen molar-refractivity contribution < 1.29 is 0 Å². The highest BCUT2D eigenvalue weighted by molar-refractivity contribution is 6.28. The molecule has 172 valence electrons. The Hall–Kier alpha value is -4.42. The summed E-state index contributed by atoms with van der Waals surface area (Å²) in [6.45, 7) is 4.49. The Bertz CT molecular complexity index is 1730. The summed E-state index contributed by atoms with van der Waals surface area (Å²) >= 11 is 0. The normalized spacial score (nSPS) is 12.5. The highest BCUT2D eigenvalue weighted by Gasteiger charge is 2.17. The summed E-state index contributed by atoms with van der Waals surface area (Å²) in [6.07, 6.45) is 4.61. The van der Waals surface area contributed by atoms with Gasteiger partial charge in [-0.25, -0.2) is 0 Å². The van der Waals surface area contributed by atoms with E-state index in [4.69, 9.17) is 0 Å². The van der Waals surface area contributed by atoms with E-state index in [9.17, 15) is 0 Å². The van der Waals surface area contributed by atoms with Gasteiger partial charge in [-0.3, -0.25) is 0 Å². The van der Waals surface area contributed by atoms with E-state index >= 15 is 0 Å². The summed E-state index contributed by atoms with van der Waals surface area (Å²) in [4.78, 5) is 0. The van der Waals surface area contributed by atoms with Crippen molar-refractivity contribution in [3.63, 3.8) is 0 Å². The van der Waals surface area contributed by atoms with E-state index in [1.807, 2.05) is 0 Å². The third-order valence-electron chi connectivity index (χ3n) is 7.09. The van der Waals surface area contributed by atoms with Gasteiger partial charge in [0.1, 0.15) is 0 Å². The van der Waals surface area contributed by atoms with Gasteiger partial charge in [-0.05, 0) is 79.6 Å². The minimum absolute atomic E-state index is 1.22. The number of fused-ring (bicyclic) bond motifs is 6. The van der Waals surface area contributed by atoms with Gasteiger partial charge < -0.3 is 0 Å². The van der Waals surface area contributed by atoms with Crippen LogP contribution in [0.4, 0.5) is 0 Å². The molecule has 0 spiro atoms. The van der Waals surface area contributed by atoms with Gasteiger partial charge in [-0.2, -0.15) is 0 Å². The van der Waals surface area contributed by atoms with Crippen molar-refractivity contribution in [2.45, 2.75) is 13.8 Å². The van der Waals surface area contributed by atoms with Gasteiger partial charge >= 0.3 is 0 Å². The lowest BCUT2D eigenvalue weighted by Crippen LogP contribution is -1.95. The Labute approximate surface area is 212 Å². The Morgan fingerprint density at radius 2 is 0.833 bits per heavy atom. The standard InChI is InChI=1S/C36H28/c1-25(23-27-13-5-3-6-14-27)29-21-22-34-32-19-10-9-17-30(32)31-18-11-12-20-33(31)36(34)35(29)26(2)24-28-15-7-4-8-16-28/h3-24H,1-2H3. The molecule has 6 aromatic carbocycles. The first kappa shape index (κ1) is 22.1. The fraction of sp³-hybridized carbons (Fsp3) is 0.0556. The van der Waals surface area contributed by atoms with Crippen LogP contribution in [-0.4, -0.2) is 0 Å². The molecule has 0 atom stereocenters. The van der Waals surface area contributed by atoms with Crippen LogP contribution in [0, 0.1) is 0 Å². The zero-order valence-corrected chi connectivity index (χ0v) is 20.7. The minimum atomic E-state index is 1.22. The Balaban J connectivity index is 1.75. The zero-order chi connectivity index (χ0) is 24.5. The van der Waals surface area contributed by atoms with Crippen molar-refractivity contribution >= 4 is 55.6 Å². The molecular formula is C36H28. The summed E-state index contributed by atoms with van der Waals surface area (Å²) in [5.41, 5.74) is 7.54. The Morgan fingerprint density at radius 3 is 1.39 bits per heavy atom. The van der Waals surface area contributed by atoms with E-state index in [1.165, 1.54) is 65.7 Å². The van der Waals surface area contributed by atoms with Crippen molar-refractivity contribution in [1.82, 2.24) is 0 Å². The number of hydrogen-bond acceptors (Lipinski definition) is 0. The molecule has 0 saturated carbocycles. The lowest BCUT2D eigenvalue weighted by molar-refractivity contribution is 1.54. The molecule has 0 aliphatic rings. The van der Waals surface area contributed by atoms with Crippen molar-refractivity contribution in [2.24, 2.45) is 0 Å². The maximum absolute atomic E-state index is 2.32. The summed E-state index contributed by atoms with van der Waals surface area (Å²) in [7, 11) is 0. The van der Waals surface area contributed by atoms with Gasteiger partial charge in [-0.15, -0.1) is 0 Å². The van der Waals surface area contributed by atoms with Crippen molar-refractivity contribution in [3.8, 4) is 0 Å². The van der Waals surface area contributed by atoms with Gasteiger partial charge in [0.05, 0.1) is 0 Å². The molecule has 6 rings (SSSR count). The summed E-state index contributed by atoms with van der Waals surface area (Å²) in [5.74, 6) is 0. The second-order valence-corrected chi connectivity index (χ2v) is 9.48. The molecule has 0 nitrogen and oxygen atoms in total. The Kier molecular flexibility index (Phi) is 5.71. The minimum Gasteiger partial charge on any atom is -0.0622 e. The van der Waals surface area contributed by atoms with Crippen LogP contribution in [0.15, 0.2) is 121 Å². The van der Waals surface area contributed by atoms with E-state index in [0.29, 0.717) is 0 Å². The van der Waals surface area contributed by atoms with Crippen molar-refractivity contribution in [1.29, 1.82) is 0 Å². The van der Waals surface area contributed by atoms with E-state index in [2.05, 4.69) is 147 Å². The van der Waals surface area contributed by atoms with Gasteiger partial charge in [0.2, 0.25) is 0 Å². The second-order valence-electron chi connectivity index (χ2n) is 9.48. The lowest BCUT2D eigenvalue weighted by Gasteiger charge is -2.19. The molecule has 0 fully saturated rings. The van der Waals surface area contributed by atoms with Crippen molar-refractivity contribution in [3.05, 3.63) is 144 Å². The average Bonchev–Trinajstić information content (AvgIpc) is 2.93. The molecule has 6 aromatic rings. The first-order chi connectivity index (χ1) is 17.7. The molecule has 0 aromatic heterocycles. The van der Waals surface area contributed by atoms with E-state index < -0.39 is 0 Å². The van der Waals surface area contributed by atoms with Crippen LogP contribution in [-0.2, 0) is 0 Å². The summed E-state index contributed by atoms with van der Waals surface area (Å²) < 4.78 is 0. The van der Waals surface area contributed by atoms with Crippen LogP contribution in [0.2, 0.25) is 0 Å². The average molecular weight is 461 g/mol. The number of hydrogen-bond donors (Lipinski definition) is 0. The van der Waals surface area contributed by atoms with Crippen LogP contribution in [0.25, 0.3) is 55.6 Å². The fourth-order valence-electron chi connectivity index (χ4n) is 5.48. The van der Waals surface area contributed by atoms with Gasteiger partial charge in [0.15, 0.2) is 0 Å². The van der Waals surface area contributed by atoms with Gasteiger partial charge in [-0.1, -0.05) is 133 Å². The third-order valence-corrected chi connectivity index (χ3v) is 7.09. The molecule has 0 saturated heterocycles. The zero-order valence-electron chi connectivity index (χ0n) is 20.7. The molecule has 0 aliphatic carbocycles. The first-order valence-electron chi connectivity index (χ1n) is 12.5. The highest BCUT2D eigenvalue weighted by Crippen LogP contribution is 2.42. The maximum Gasteiger partial charge on any atom is -0.00176 e. The van der Waals surface area contributed by atoms with E-state index in [0.717, 1.165) is 0 Å². The molecule has 0 unspecified atom stereocenters. The monoisotopic (exact) mass is 460 g/mol. The maximum atomic E-state index is 2.32. The summed E-state index contributed by atoms with van der Waals surface area (Å²) in [6, 6.07) is 43.5. The number of benzene rings is 6. The predicted molar refractivity (Wildman–Crippen MR) is 159 cm³/mol. The molecule has 0 heteroatoms. The summed E-state index contributed by atoms with van der Waals surface area (Å²) in [5, 5.41) is 7.84. The molecule has 0 amide bonds. The van der Waals surface area contributed by atoms with Gasteiger partial charge in [0, 0.05) is 0 Å². The predicted octanol–water partition coefficient (Wildman–Crippen LogP) is 10.3. The Morgan fingerprint density at radius 1 is 0.417 bits per heavy atom. The van der Waals surface area contributed by atoms with E-state index in [1.54, 1.807) is 0 Å². The van der Waals surface area contributed by atoms with Crippen LogP contribution >= 0.6 is 0 Å².